The number of nitrogens with zero attached hydrogens (tertiary/aromatic N) is 1. The van der Waals surface area contributed by atoms with Crippen molar-refractivity contribution in [2.75, 3.05) is 19.5 Å². The van der Waals surface area contributed by atoms with Crippen LogP contribution in [0.5, 0.6) is 11.5 Å². The van der Waals surface area contributed by atoms with Crippen LogP contribution in [0.15, 0.2) is 112 Å². The first-order valence-corrected chi connectivity index (χ1v) is 13.4. The first-order valence-electron chi connectivity index (χ1n) is 12.0. The number of allylic oxidation sites excluding steroid dienone is 1. The molecule has 0 fully saturated rings. The van der Waals surface area contributed by atoms with Gasteiger partial charge in [-0.25, -0.2) is 0 Å². The van der Waals surface area contributed by atoms with Gasteiger partial charge in [0.05, 0.1) is 19.1 Å². The zero-order valence-electron chi connectivity index (χ0n) is 21.0. The summed E-state index contributed by atoms with van der Waals surface area (Å²) in [6.07, 6.45) is 4.69. The zero-order chi connectivity index (χ0) is 26.5. The number of sulfonamides is 1. The molecule has 38 heavy (non-hydrogen) atoms. The van der Waals surface area contributed by atoms with Gasteiger partial charge in [-0.1, -0.05) is 60.7 Å². The normalized spacial score (nSPS) is 11.9. The van der Waals surface area contributed by atoms with Gasteiger partial charge in [-0.2, -0.15) is 12.8 Å². The molecule has 0 unspecified atom stereocenters. The van der Waals surface area contributed by atoms with Crippen molar-refractivity contribution in [3.8, 4) is 11.5 Å². The van der Waals surface area contributed by atoms with Gasteiger partial charge >= 0.3 is 0 Å². The molecule has 7 heteroatoms. The minimum atomic E-state index is -3.93. The molecular formula is C31H26N2O4S. The highest BCUT2D eigenvalue weighted by Crippen LogP contribution is 2.43. The molecule has 5 aromatic rings. The second-order valence-electron chi connectivity index (χ2n) is 8.52. The van der Waals surface area contributed by atoms with E-state index in [-0.39, 0.29) is 4.90 Å². The Bertz CT molecular complexity index is 1760. The molecule has 0 amide bonds. The van der Waals surface area contributed by atoms with E-state index in [9.17, 15) is 8.42 Å². The molecule has 1 N–H and O–H groups in total. The Hall–Kier alpha value is -4.62. The molecule has 0 aromatic heterocycles. The van der Waals surface area contributed by atoms with Crippen LogP contribution >= 0.6 is 0 Å². The smallest absolute Gasteiger partial charge is 0.282 e. The van der Waals surface area contributed by atoms with Crippen molar-refractivity contribution >= 4 is 55.2 Å². The lowest BCUT2D eigenvalue weighted by atomic mass is 10.0. The number of fused-ring (bicyclic) bond motifs is 2. The number of hydrogen-bond donors (Lipinski definition) is 1. The molecule has 5 aromatic carbocycles. The Kier molecular flexibility index (Phi) is 7.11. The second kappa shape index (κ2) is 10.8. The monoisotopic (exact) mass is 522 g/mol. The lowest BCUT2D eigenvalue weighted by molar-refractivity contribution is 0.417. The number of hydrogen-bond acceptors (Lipinski definition) is 5. The van der Waals surface area contributed by atoms with Crippen molar-refractivity contribution in [2.24, 2.45) is 4.40 Å². The third-order valence-electron chi connectivity index (χ3n) is 6.15. The van der Waals surface area contributed by atoms with Crippen LogP contribution in [0.1, 0.15) is 5.56 Å². The second-order valence-corrected chi connectivity index (χ2v) is 10.2. The number of ether oxygens (including phenoxy) is 2. The van der Waals surface area contributed by atoms with Crippen molar-refractivity contribution in [3.05, 3.63) is 109 Å². The number of para-hydroxylation sites is 1. The van der Waals surface area contributed by atoms with E-state index in [0.29, 0.717) is 16.9 Å². The summed E-state index contributed by atoms with van der Waals surface area (Å²) in [6.45, 7) is 0. The SMILES string of the molecule is COc1c2ccccc2c(OC)c2cc(S(=O)(=O)N=CC=Cc3ccc(Nc4ccccc4)cc3)ccc12. The number of methoxy groups -OCH3 is 2. The van der Waals surface area contributed by atoms with Gasteiger partial charge in [0, 0.05) is 39.1 Å². The molecule has 0 spiro atoms. The van der Waals surface area contributed by atoms with Crippen molar-refractivity contribution in [1.29, 1.82) is 0 Å². The van der Waals surface area contributed by atoms with E-state index in [1.807, 2.05) is 78.9 Å². The van der Waals surface area contributed by atoms with Gasteiger partial charge in [-0.15, -0.1) is 0 Å². The first kappa shape index (κ1) is 25.0. The van der Waals surface area contributed by atoms with Gasteiger partial charge in [0.1, 0.15) is 11.5 Å². The van der Waals surface area contributed by atoms with Crippen LogP contribution < -0.4 is 14.8 Å². The fraction of sp³-hybridized carbons (Fsp3) is 0.0645. The molecule has 6 nitrogen and oxygen atoms in total. The van der Waals surface area contributed by atoms with Crippen LogP contribution in [-0.2, 0) is 10.0 Å². The quantitative estimate of drug-likeness (QED) is 0.172. The molecule has 190 valence electrons. The van der Waals surface area contributed by atoms with Crippen molar-refractivity contribution in [1.82, 2.24) is 0 Å². The Morgan fingerprint density at radius 1 is 0.684 bits per heavy atom. The van der Waals surface area contributed by atoms with Gasteiger partial charge in [-0.3, -0.25) is 0 Å². The molecular weight excluding hydrogens is 496 g/mol. The van der Waals surface area contributed by atoms with Crippen molar-refractivity contribution < 1.29 is 17.9 Å². The highest BCUT2D eigenvalue weighted by atomic mass is 32.2. The topological polar surface area (TPSA) is 77.0 Å². The molecule has 5 rings (SSSR count). The molecule has 0 atom stereocenters. The Labute approximate surface area is 221 Å². The van der Waals surface area contributed by atoms with Crippen LogP contribution in [0.25, 0.3) is 27.6 Å². The van der Waals surface area contributed by atoms with Crippen LogP contribution in [0.4, 0.5) is 11.4 Å². The maximum Gasteiger partial charge on any atom is 0.282 e. The predicted molar refractivity (Wildman–Crippen MR) is 155 cm³/mol. The summed E-state index contributed by atoms with van der Waals surface area (Å²) < 4.78 is 41.2. The summed E-state index contributed by atoms with van der Waals surface area (Å²) in [5.74, 6) is 1.25. The average molecular weight is 523 g/mol. The van der Waals surface area contributed by atoms with E-state index in [2.05, 4.69) is 9.71 Å². The maximum atomic E-state index is 13.0. The highest BCUT2D eigenvalue weighted by Gasteiger charge is 2.19. The summed E-state index contributed by atoms with van der Waals surface area (Å²) in [7, 11) is -0.762. The Morgan fingerprint density at radius 3 is 1.92 bits per heavy atom. The van der Waals surface area contributed by atoms with Crippen LogP contribution in [0.2, 0.25) is 0 Å². The highest BCUT2D eigenvalue weighted by molar-refractivity contribution is 7.90. The Balaban J connectivity index is 1.38. The Morgan fingerprint density at radius 2 is 1.26 bits per heavy atom. The minimum Gasteiger partial charge on any atom is -0.495 e. The summed E-state index contributed by atoms with van der Waals surface area (Å²) in [4.78, 5) is 0.0709. The van der Waals surface area contributed by atoms with E-state index in [0.717, 1.165) is 33.1 Å². The molecule has 0 saturated heterocycles. The molecule has 0 aliphatic heterocycles. The molecule has 0 bridgehead atoms. The van der Waals surface area contributed by atoms with Gasteiger partial charge in [-0.05, 0) is 54.1 Å². The molecule has 0 aliphatic carbocycles. The standard InChI is InChI=1S/C31H26N2O4S/c1-36-30-26-12-6-7-13-27(26)31(37-2)29-21-25(18-19-28(29)30)38(34,35)32-20-8-9-22-14-16-24(17-15-22)33-23-10-4-3-5-11-23/h3-21,33H,1-2H3. The van der Waals surface area contributed by atoms with Gasteiger partial charge in [0.2, 0.25) is 0 Å². The molecule has 0 saturated carbocycles. The van der Waals surface area contributed by atoms with E-state index in [4.69, 9.17) is 9.47 Å². The van der Waals surface area contributed by atoms with Gasteiger partial charge in [0.25, 0.3) is 10.0 Å². The van der Waals surface area contributed by atoms with Crippen molar-refractivity contribution in [2.45, 2.75) is 4.90 Å². The molecule has 0 aliphatic rings. The first-order chi connectivity index (χ1) is 18.5. The van der Waals surface area contributed by atoms with Crippen LogP contribution in [0, 0.1) is 0 Å². The summed E-state index contributed by atoms with van der Waals surface area (Å²) in [5.41, 5.74) is 2.88. The molecule has 0 radical (unpaired) electrons. The lowest BCUT2D eigenvalue weighted by Gasteiger charge is -2.15. The molecule has 0 heterocycles. The fourth-order valence-electron chi connectivity index (χ4n) is 4.37. The zero-order valence-corrected chi connectivity index (χ0v) is 21.8. The lowest BCUT2D eigenvalue weighted by Crippen LogP contribution is -1.99. The predicted octanol–water partition coefficient (Wildman–Crippen LogP) is 7.23. The van der Waals surface area contributed by atoms with E-state index in [1.54, 1.807) is 38.5 Å². The fourth-order valence-corrected chi connectivity index (χ4v) is 5.23. The number of benzene rings is 5. The summed E-state index contributed by atoms with van der Waals surface area (Å²) >= 11 is 0. The third kappa shape index (κ3) is 5.10. The summed E-state index contributed by atoms with van der Waals surface area (Å²) in [5, 5.41) is 6.45. The van der Waals surface area contributed by atoms with E-state index in [1.165, 1.54) is 12.3 Å². The van der Waals surface area contributed by atoms with E-state index >= 15 is 0 Å². The summed E-state index contributed by atoms with van der Waals surface area (Å²) in [6, 6.07) is 30.2. The maximum absolute atomic E-state index is 13.0. The van der Waals surface area contributed by atoms with Gasteiger partial charge in [0.15, 0.2) is 0 Å². The number of nitrogens with one attached hydrogen (secondary N) is 1. The van der Waals surface area contributed by atoms with Crippen LogP contribution in [0.3, 0.4) is 0 Å². The van der Waals surface area contributed by atoms with E-state index < -0.39 is 10.0 Å². The minimum absolute atomic E-state index is 0.0709. The van der Waals surface area contributed by atoms with Gasteiger partial charge < -0.3 is 14.8 Å². The van der Waals surface area contributed by atoms with Crippen LogP contribution in [-0.4, -0.2) is 28.9 Å². The average Bonchev–Trinajstić information content (AvgIpc) is 2.95. The van der Waals surface area contributed by atoms with Crippen molar-refractivity contribution in [3.63, 3.8) is 0 Å². The number of rotatable bonds is 8. The third-order valence-corrected chi connectivity index (χ3v) is 7.40. The largest absolute Gasteiger partial charge is 0.495 e. The number of anilines is 2.